The average molecular weight is 419 g/mol. The summed E-state index contributed by atoms with van der Waals surface area (Å²) < 4.78 is 15.9. The lowest BCUT2D eigenvalue weighted by Gasteiger charge is -2.26. The fourth-order valence-corrected chi connectivity index (χ4v) is 3.84. The van der Waals surface area contributed by atoms with Crippen molar-refractivity contribution in [3.05, 3.63) is 40.4 Å². The van der Waals surface area contributed by atoms with Crippen molar-refractivity contribution in [1.82, 2.24) is 10.4 Å². The van der Waals surface area contributed by atoms with Gasteiger partial charge in [-0.25, -0.2) is 10.4 Å². The van der Waals surface area contributed by atoms with Gasteiger partial charge < -0.3 is 19.1 Å². The molecule has 8 nitrogen and oxygen atoms in total. The van der Waals surface area contributed by atoms with Gasteiger partial charge in [0.15, 0.2) is 5.13 Å². The van der Waals surface area contributed by atoms with Crippen LogP contribution in [0.1, 0.15) is 23.7 Å². The second-order valence-corrected chi connectivity index (χ2v) is 7.43. The predicted molar refractivity (Wildman–Crippen MR) is 113 cm³/mol. The number of ether oxygens (including phenoxy) is 3. The van der Waals surface area contributed by atoms with Crippen molar-refractivity contribution in [2.45, 2.75) is 20.0 Å². The molecule has 1 aliphatic heterocycles. The zero-order chi connectivity index (χ0) is 20.6. The molecule has 156 valence electrons. The van der Waals surface area contributed by atoms with Crippen LogP contribution in [0.4, 0.5) is 5.13 Å². The van der Waals surface area contributed by atoms with Crippen LogP contribution in [-0.2, 0) is 27.3 Å². The van der Waals surface area contributed by atoms with E-state index in [0.29, 0.717) is 25.5 Å². The minimum Gasteiger partial charge on any atom is -0.496 e. The van der Waals surface area contributed by atoms with Crippen molar-refractivity contribution < 1.29 is 19.0 Å². The van der Waals surface area contributed by atoms with Gasteiger partial charge in [-0.15, -0.1) is 11.3 Å². The van der Waals surface area contributed by atoms with Gasteiger partial charge in [0, 0.05) is 31.1 Å². The summed E-state index contributed by atoms with van der Waals surface area (Å²) in [5.74, 6) is 0.556. The van der Waals surface area contributed by atoms with Crippen molar-refractivity contribution >= 4 is 28.1 Å². The van der Waals surface area contributed by atoms with E-state index in [1.54, 1.807) is 25.6 Å². The lowest BCUT2D eigenvalue weighted by molar-refractivity contribution is -0.120. The van der Waals surface area contributed by atoms with Crippen LogP contribution in [0.3, 0.4) is 0 Å². The Bertz CT molecular complexity index is 862. The first-order valence-electron chi connectivity index (χ1n) is 9.37. The molecule has 1 amide bonds. The number of hydrogen-bond acceptors (Lipinski definition) is 8. The Balaban J connectivity index is 1.58. The number of nitrogens with one attached hydrogen (secondary N) is 1. The van der Waals surface area contributed by atoms with E-state index >= 15 is 0 Å². The molecular formula is C20H26N4O4S. The fraction of sp³-hybridized carbons (Fsp3) is 0.450. The highest BCUT2D eigenvalue weighted by molar-refractivity contribution is 7.13. The Morgan fingerprint density at radius 1 is 1.34 bits per heavy atom. The van der Waals surface area contributed by atoms with Crippen LogP contribution in [0.5, 0.6) is 5.75 Å². The monoisotopic (exact) mass is 418 g/mol. The SMILES string of the molecule is COCc1cc(/C(C)=N\NC(=O)Cc2csc(N3CCOCC3)n2)ccc1OC. The molecule has 1 aromatic heterocycles. The maximum Gasteiger partial charge on any atom is 0.246 e. The van der Waals surface area contributed by atoms with E-state index in [9.17, 15) is 4.79 Å². The molecule has 1 saturated heterocycles. The van der Waals surface area contributed by atoms with E-state index in [1.165, 1.54) is 0 Å². The first kappa shape index (κ1) is 21.2. The Morgan fingerprint density at radius 3 is 2.86 bits per heavy atom. The van der Waals surface area contributed by atoms with Crippen LogP contribution < -0.4 is 15.1 Å². The Kier molecular flexibility index (Phi) is 7.56. The summed E-state index contributed by atoms with van der Waals surface area (Å²) in [5, 5.41) is 7.08. The summed E-state index contributed by atoms with van der Waals surface area (Å²) in [5.41, 5.74) is 5.87. The van der Waals surface area contributed by atoms with Crippen LogP contribution in [0, 0.1) is 0 Å². The summed E-state index contributed by atoms with van der Waals surface area (Å²) in [6, 6.07) is 5.72. The van der Waals surface area contributed by atoms with Gasteiger partial charge >= 0.3 is 0 Å². The summed E-state index contributed by atoms with van der Waals surface area (Å²) in [4.78, 5) is 19.0. The highest BCUT2D eigenvalue weighted by atomic mass is 32.1. The third-order valence-electron chi connectivity index (χ3n) is 4.51. The highest BCUT2D eigenvalue weighted by Crippen LogP contribution is 2.22. The number of carbonyl (C=O) groups excluding carboxylic acids is 1. The molecule has 0 atom stereocenters. The maximum atomic E-state index is 12.3. The van der Waals surface area contributed by atoms with Crippen LogP contribution >= 0.6 is 11.3 Å². The smallest absolute Gasteiger partial charge is 0.246 e. The zero-order valence-electron chi connectivity index (χ0n) is 16.9. The van der Waals surface area contributed by atoms with Gasteiger partial charge in [-0.3, -0.25) is 4.79 Å². The molecule has 1 aromatic carbocycles. The number of morpholine rings is 1. The normalized spacial score (nSPS) is 14.7. The molecule has 0 aliphatic carbocycles. The number of hydrazone groups is 1. The fourth-order valence-electron chi connectivity index (χ4n) is 2.96. The van der Waals surface area contributed by atoms with Crippen LogP contribution in [0.25, 0.3) is 0 Å². The van der Waals surface area contributed by atoms with Gasteiger partial charge in [-0.1, -0.05) is 0 Å². The lowest BCUT2D eigenvalue weighted by Crippen LogP contribution is -2.36. The number of rotatable bonds is 8. The number of amides is 1. The van der Waals surface area contributed by atoms with Crippen molar-refractivity contribution in [3.63, 3.8) is 0 Å². The minimum absolute atomic E-state index is 0.190. The maximum absolute atomic E-state index is 12.3. The van der Waals surface area contributed by atoms with Gasteiger partial charge in [0.1, 0.15) is 5.75 Å². The van der Waals surface area contributed by atoms with Gasteiger partial charge in [0.2, 0.25) is 5.91 Å². The molecular weight excluding hydrogens is 392 g/mol. The molecule has 2 aromatic rings. The third-order valence-corrected chi connectivity index (χ3v) is 5.46. The summed E-state index contributed by atoms with van der Waals surface area (Å²) in [6.07, 6.45) is 0.190. The number of carbonyl (C=O) groups is 1. The molecule has 2 heterocycles. The number of aromatic nitrogens is 1. The Morgan fingerprint density at radius 2 is 2.14 bits per heavy atom. The molecule has 0 radical (unpaired) electrons. The molecule has 1 N–H and O–H groups in total. The van der Waals surface area contributed by atoms with Crippen molar-refractivity contribution in [2.24, 2.45) is 5.10 Å². The van der Waals surface area contributed by atoms with Gasteiger partial charge in [0.05, 0.1) is 44.8 Å². The lowest BCUT2D eigenvalue weighted by atomic mass is 10.1. The Hall–Kier alpha value is -2.49. The average Bonchev–Trinajstić information content (AvgIpc) is 3.21. The number of benzene rings is 1. The minimum atomic E-state index is -0.200. The number of anilines is 1. The quantitative estimate of drug-likeness (QED) is 0.523. The van der Waals surface area contributed by atoms with Crippen molar-refractivity contribution in [3.8, 4) is 5.75 Å². The molecule has 29 heavy (non-hydrogen) atoms. The summed E-state index contributed by atoms with van der Waals surface area (Å²) in [7, 11) is 3.26. The van der Waals surface area contributed by atoms with Crippen LogP contribution in [0.2, 0.25) is 0 Å². The molecule has 0 bridgehead atoms. The second kappa shape index (κ2) is 10.3. The largest absolute Gasteiger partial charge is 0.496 e. The summed E-state index contributed by atoms with van der Waals surface area (Å²) in [6.45, 7) is 5.36. The van der Waals surface area contributed by atoms with E-state index in [1.807, 2.05) is 30.5 Å². The van der Waals surface area contributed by atoms with E-state index in [0.717, 1.165) is 40.8 Å². The van der Waals surface area contributed by atoms with Gasteiger partial charge in [0.25, 0.3) is 0 Å². The Labute approximate surface area is 174 Å². The summed E-state index contributed by atoms with van der Waals surface area (Å²) >= 11 is 1.55. The molecule has 1 aliphatic rings. The molecule has 0 saturated carbocycles. The number of methoxy groups -OCH3 is 2. The second-order valence-electron chi connectivity index (χ2n) is 6.59. The standard InChI is InChI=1S/C20H26N4O4S/c1-14(15-4-5-18(27-3)16(10-15)12-26-2)22-23-19(25)11-17-13-29-20(21-17)24-6-8-28-9-7-24/h4-5,10,13H,6-9,11-12H2,1-3H3,(H,23,25)/b22-14-. The van der Waals surface area contributed by atoms with Gasteiger partial charge in [-0.2, -0.15) is 5.10 Å². The predicted octanol–water partition coefficient (Wildman–Crippen LogP) is 2.22. The third kappa shape index (κ3) is 5.75. The van der Waals surface area contributed by atoms with Crippen molar-refractivity contribution in [1.29, 1.82) is 0 Å². The zero-order valence-corrected chi connectivity index (χ0v) is 17.8. The first-order valence-corrected chi connectivity index (χ1v) is 10.2. The van der Waals surface area contributed by atoms with E-state index in [2.05, 4.69) is 20.4 Å². The number of nitrogens with zero attached hydrogens (tertiary/aromatic N) is 3. The molecule has 0 unspecified atom stereocenters. The first-order chi connectivity index (χ1) is 14.1. The van der Waals surface area contributed by atoms with E-state index in [-0.39, 0.29) is 12.3 Å². The molecule has 0 spiro atoms. The van der Waals surface area contributed by atoms with Crippen LogP contribution in [-0.4, -0.2) is 57.1 Å². The molecule has 1 fully saturated rings. The van der Waals surface area contributed by atoms with Crippen LogP contribution in [0.15, 0.2) is 28.7 Å². The number of thiazole rings is 1. The van der Waals surface area contributed by atoms with Crippen molar-refractivity contribution in [2.75, 3.05) is 45.4 Å². The molecule has 9 heteroatoms. The highest BCUT2D eigenvalue weighted by Gasteiger charge is 2.16. The topological polar surface area (TPSA) is 85.3 Å². The number of hydrogen-bond donors (Lipinski definition) is 1. The molecule has 3 rings (SSSR count). The van der Waals surface area contributed by atoms with E-state index < -0.39 is 0 Å². The van der Waals surface area contributed by atoms with E-state index in [4.69, 9.17) is 14.2 Å². The van der Waals surface area contributed by atoms with Gasteiger partial charge in [-0.05, 0) is 30.7 Å².